The first-order valence-electron chi connectivity index (χ1n) is 6.92. The average molecular weight is 261 g/mol. The van der Waals surface area contributed by atoms with Gasteiger partial charge in [-0.25, -0.2) is 0 Å². The van der Waals surface area contributed by atoms with Crippen molar-refractivity contribution in [2.45, 2.75) is 25.4 Å². The molecule has 0 spiro atoms. The molecule has 4 nitrogen and oxygen atoms in total. The van der Waals surface area contributed by atoms with Crippen molar-refractivity contribution in [1.82, 2.24) is 9.80 Å². The van der Waals surface area contributed by atoms with Crippen LogP contribution in [0.5, 0.6) is 0 Å². The van der Waals surface area contributed by atoms with Gasteiger partial charge in [-0.2, -0.15) is 0 Å². The van der Waals surface area contributed by atoms with Crippen molar-refractivity contribution in [1.29, 1.82) is 0 Å². The first-order valence-corrected chi connectivity index (χ1v) is 6.92. The van der Waals surface area contributed by atoms with Crippen molar-refractivity contribution in [3.63, 3.8) is 0 Å². The highest BCUT2D eigenvalue weighted by molar-refractivity contribution is 5.77. The van der Waals surface area contributed by atoms with E-state index in [-0.39, 0.29) is 12.5 Å². The highest BCUT2D eigenvalue weighted by Crippen LogP contribution is 2.20. The van der Waals surface area contributed by atoms with Crippen molar-refractivity contribution in [3.8, 4) is 0 Å². The second-order valence-electron chi connectivity index (χ2n) is 5.23. The van der Waals surface area contributed by atoms with Gasteiger partial charge >= 0.3 is 0 Å². The Bertz CT molecular complexity index is 407. The fraction of sp³-hybridized carbons (Fsp3) is 0.533. The van der Waals surface area contributed by atoms with Gasteiger partial charge < -0.3 is 10.6 Å². The minimum Gasteiger partial charge on any atom is -0.343 e. The summed E-state index contributed by atoms with van der Waals surface area (Å²) >= 11 is 0. The zero-order valence-corrected chi connectivity index (χ0v) is 11.6. The predicted molar refractivity (Wildman–Crippen MR) is 76.6 cm³/mol. The largest absolute Gasteiger partial charge is 0.343 e. The molecule has 0 radical (unpaired) electrons. The van der Waals surface area contributed by atoms with Gasteiger partial charge in [0.25, 0.3) is 0 Å². The van der Waals surface area contributed by atoms with E-state index >= 15 is 0 Å². The lowest BCUT2D eigenvalue weighted by Crippen LogP contribution is -2.42. The number of hydrogen-bond donors (Lipinski definition) is 1. The molecule has 0 saturated carbocycles. The summed E-state index contributed by atoms with van der Waals surface area (Å²) in [6, 6.07) is 11.0. The van der Waals surface area contributed by atoms with E-state index in [1.165, 1.54) is 12.0 Å². The minimum absolute atomic E-state index is 0.0200. The van der Waals surface area contributed by atoms with Gasteiger partial charge in [-0.05, 0) is 24.9 Å². The number of likely N-dealkylation sites (N-methyl/N-ethyl adjacent to an activating group) is 1. The number of amides is 1. The summed E-state index contributed by atoms with van der Waals surface area (Å²) in [6.07, 6.45) is 2.37. The second kappa shape index (κ2) is 6.68. The molecule has 1 fully saturated rings. The van der Waals surface area contributed by atoms with Gasteiger partial charge in [-0.3, -0.25) is 9.69 Å². The van der Waals surface area contributed by atoms with Crippen LogP contribution in [0.2, 0.25) is 0 Å². The molecule has 4 heteroatoms. The number of benzene rings is 1. The fourth-order valence-electron chi connectivity index (χ4n) is 2.70. The van der Waals surface area contributed by atoms with Crippen molar-refractivity contribution in [3.05, 3.63) is 35.9 Å². The van der Waals surface area contributed by atoms with Gasteiger partial charge in [-0.1, -0.05) is 30.3 Å². The summed E-state index contributed by atoms with van der Waals surface area (Å²) in [5.74, 6) is 0.0200. The third-order valence-electron chi connectivity index (χ3n) is 3.81. The maximum atomic E-state index is 11.5. The Kier molecular flexibility index (Phi) is 4.93. The van der Waals surface area contributed by atoms with Gasteiger partial charge in [0.05, 0.1) is 6.54 Å². The molecular formula is C15H23N3O. The van der Waals surface area contributed by atoms with E-state index in [0.29, 0.717) is 6.04 Å². The van der Waals surface area contributed by atoms with Gasteiger partial charge in [0.2, 0.25) is 5.91 Å². The van der Waals surface area contributed by atoms with Crippen LogP contribution in [-0.2, 0) is 11.3 Å². The van der Waals surface area contributed by atoms with Gasteiger partial charge in [0.1, 0.15) is 0 Å². The third-order valence-corrected chi connectivity index (χ3v) is 3.81. The molecule has 1 amide bonds. The summed E-state index contributed by atoms with van der Waals surface area (Å²) in [5, 5.41) is 0. The van der Waals surface area contributed by atoms with E-state index < -0.39 is 0 Å². The highest BCUT2D eigenvalue weighted by atomic mass is 16.2. The summed E-state index contributed by atoms with van der Waals surface area (Å²) < 4.78 is 0. The standard InChI is InChI=1S/C15H23N3O/c1-17(15(19)10-16)12-14-8-5-9-18(14)11-13-6-3-2-4-7-13/h2-4,6-7,14H,5,8-12,16H2,1H3. The zero-order chi connectivity index (χ0) is 13.7. The molecule has 1 aliphatic heterocycles. The molecule has 0 bridgehead atoms. The van der Waals surface area contributed by atoms with E-state index in [9.17, 15) is 4.79 Å². The van der Waals surface area contributed by atoms with E-state index in [1.807, 2.05) is 13.1 Å². The molecule has 104 valence electrons. The van der Waals surface area contributed by atoms with Crippen molar-refractivity contribution in [2.24, 2.45) is 5.73 Å². The number of nitrogens with two attached hydrogens (primary N) is 1. The van der Waals surface area contributed by atoms with Gasteiger partial charge in [0.15, 0.2) is 0 Å². The third kappa shape index (κ3) is 3.78. The van der Waals surface area contributed by atoms with Crippen LogP contribution in [-0.4, -0.2) is 48.4 Å². The molecule has 1 aromatic rings. The summed E-state index contributed by atoms with van der Waals surface area (Å²) in [7, 11) is 1.84. The Labute approximate surface area is 115 Å². The number of nitrogens with zero attached hydrogens (tertiary/aromatic N) is 2. The molecule has 1 aromatic carbocycles. The van der Waals surface area contributed by atoms with E-state index in [1.54, 1.807) is 4.90 Å². The average Bonchev–Trinajstić information content (AvgIpc) is 2.86. The zero-order valence-electron chi connectivity index (χ0n) is 11.6. The summed E-state index contributed by atoms with van der Waals surface area (Å²) in [6.45, 7) is 2.96. The number of likely N-dealkylation sites (tertiary alicyclic amines) is 1. The summed E-state index contributed by atoms with van der Waals surface area (Å²) in [5.41, 5.74) is 6.74. The Morgan fingerprint density at radius 1 is 1.42 bits per heavy atom. The van der Waals surface area contributed by atoms with Crippen LogP contribution >= 0.6 is 0 Å². The number of carbonyl (C=O) groups is 1. The second-order valence-corrected chi connectivity index (χ2v) is 5.23. The molecule has 2 N–H and O–H groups in total. The predicted octanol–water partition coefficient (Wildman–Crippen LogP) is 1.07. The lowest BCUT2D eigenvalue weighted by atomic mass is 10.1. The van der Waals surface area contributed by atoms with Crippen LogP contribution < -0.4 is 5.73 Å². The minimum atomic E-state index is 0.0200. The van der Waals surface area contributed by atoms with Crippen molar-refractivity contribution < 1.29 is 4.79 Å². The Morgan fingerprint density at radius 3 is 2.84 bits per heavy atom. The Morgan fingerprint density at radius 2 is 2.16 bits per heavy atom. The number of rotatable bonds is 5. The molecule has 1 aliphatic rings. The first-order chi connectivity index (χ1) is 9.20. The van der Waals surface area contributed by atoms with Crippen LogP contribution in [0.15, 0.2) is 30.3 Å². The molecule has 19 heavy (non-hydrogen) atoms. The number of hydrogen-bond acceptors (Lipinski definition) is 3. The fourth-order valence-corrected chi connectivity index (χ4v) is 2.70. The molecule has 0 aliphatic carbocycles. The maximum Gasteiger partial charge on any atom is 0.236 e. The van der Waals surface area contributed by atoms with Gasteiger partial charge in [-0.15, -0.1) is 0 Å². The van der Waals surface area contributed by atoms with Crippen LogP contribution in [0, 0.1) is 0 Å². The van der Waals surface area contributed by atoms with Crippen LogP contribution in [0.1, 0.15) is 18.4 Å². The van der Waals surface area contributed by atoms with Crippen LogP contribution in [0.25, 0.3) is 0 Å². The topological polar surface area (TPSA) is 49.6 Å². The van der Waals surface area contributed by atoms with Crippen LogP contribution in [0.3, 0.4) is 0 Å². The molecule has 1 saturated heterocycles. The monoisotopic (exact) mass is 261 g/mol. The molecule has 2 rings (SSSR count). The normalized spacial score (nSPS) is 19.6. The molecule has 1 atom stereocenters. The molecule has 1 unspecified atom stereocenters. The summed E-state index contributed by atoms with van der Waals surface area (Å²) in [4.78, 5) is 15.8. The lowest BCUT2D eigenvalue weighted by Gasteiger charge is -2.28. The van der Waals surface area contributed by atoms with Crippen molar-refractivity contribution >= 4 is 5.91 Å². The molecule has 0 aromatic heterocycles. The molecule has 1 heterocycles. The quantitative estimate of drug-likeness (QED) is 0.862. The Hall–Kier alpha value is -1.39. The number of carbonyl (C=O) groups excluding carboxylic acids is 1. The SMILES string of the molecule is CN(CC1CCCN1Cc1ccccc1)C(=O)CN. The smallest absolute Gasteiger partial charge is 0.236 e. The van der Waals surface area contributed by atoms with Crippen molar-refractivity contribution in [2.75, 3.05) is 26.7 Å². The highest BCUT2D eigenvalue weighted by Gasteiger charge is 2.26. The Balaban J connectivity index is 1.92. The lowest BCUT2D eigenvalue weighted by molar-refractivity contribution is -0.129. The molecular weight excluding hydrogens is 238 g/mol. The van der Waals surface area contributed by atoms with Gasteiger partial charge in [0, 0.05) is 26.2 Å². The van der Waals surface area contributed by atoms with E-state index in [0.717, 1.165) is 26.1 Å². The van der Waals surface area contributed by atoms with E-state index in [4.69, 9.17) is 5.73 Å². The van der Waals surface area contributed by atoms with Crippen LogP contribution in [0.4, 0.5) is 0 Å². The van der Waals surface area contributed by atoms with E-state index in [2.05, 4.69) is 29.2 Å². The first kappa shape index (κ1) is 14.0. The maximum absolute atomic E-state index is 11.5.